The molecule has 0 aliphatic carbocycles. The minimum atomic E-state index is -0.509. The lowest BCUT2D eigenvalue weighted by Gasteiger charge is -2.14. The Bertz CT molecular complexity index is 684. The van der Waals surface area contributed by atoms with Crippen LogP contribution in [-0.4, -0.2) is 39.4 Å². The van der Waals surface area contributed by atoms with Crippen LogP contribution in [0.3, 0.4) is 0 Å². The predicted octanol–water partition coefficient (Wildman–Crippen LogP) is 3.16. The fourth-order valence-corrected chi connectivity index (χ4v) is 2.93. The van der Waals surface area contributed by atoms with Gasteiger partial charge < -0.3 is 10.2 Å². The van der Waals surface area contributed by atoms with E-state index in [1.54, 1.807) is 0 Å². The van der Waals surface area contributed by atoms with Crippen molar-refractivity contribution in [3.63, 3.8) is 0 Å². The molecule has 0 bridgehead atoms. The summed E-state index contributed by atoms with van der Waals surface area (Å²) in [6.45, 7) is 3.63. The highest BCUT2D eigenvalue weighted by Gasteiger charge is 2.10. The van der Waals surface area contributed by atoms with E-state index in [0.717, 1.165) is 25.1 Å². The molecule has 0 atom stereocenters. The largest absolute Gasteiger partial charge is 0.324 e. The summed E-state index contributed by atoms with van der Waals surface area (Å²) in [7, 11) is 0. The van der Waals surface area contributed by atoms with Gasteiger partial charge in [0.15, 0.2) is 0 Å². The zero-order chi connectivity index (χ0) is 16.8. The Hall–Kier alpha value is -2.54. The molecule has 1 N–H and O–H groups in total. The van der Waals surface area contributed by atoms with Crippen LogP contribution < -0.4 is 5.32 Å². The van der Waals surface area contributed by atoms with Gasteiger partial charge in [0.05, 0.1) is 4.92 Å². The summed E-state index contributed by atoms with van der Waals surface area (Å²) >= 11 is 0. The van der Waals surface area contributed by atoms with Crippen LogP contribution in [0.2, 0.25) is 0 Å². The quantitative estimate of drug-likeness (QED) is 0.621. The Labute approximate surface area is 140 Å². The lowest BCUT2D eigenvalue weighted by atomic mass is 10.1. The van der Waals surface area contributed by atoms with Gasteiger partial charge >= 0.3 is 5.69 Å². The van der Waals surface area contributed by atoms with E-state index in [1.807, 2.05) is 12.1 Å². The average molecular weight is 327 g/mol. The molecule has 2 aromatic rings. The Morgan fingerprint density at radius 3 is 2.67 bits per heavy atom. The minimum Gasteiger partial charge on any atom is -0.324 e. The summed E-state index contributed by atoms with van der Waals surface area (Å²) < 4.78 is 0. The van der Waals surface area contributed by atoms with Gasteiger partial charge in [-0.25, -0.2) is 9.97 Å². The van der Waals surface area contributed by atoms with Crippen molar-refractivity contribution in [3.8, 4) is 0 Å². The molecule has 1 aliphatic heterocycles. The molecule has 7 nitrogen and oxygen atoms in total. The van der Waals surface area contributed by atoms with Crippen LogP contribution in [0.1, 0.15) is 24.8 Å². The van der Waals surface area contributed by atoms with E-state index in [-0.39, 0.29) is 5.69 Å². The molecule has 0 saturated carbocycles. The first-order chi connectivity index (χ1) is 11.7. The lowest BCUT2D eigenvalue weighted by Crippen LogP contribution is -2.20. The number of likely N-dealkylation sites (tertiary alicyclic amines) is 1. The molecule has 2 heterocycles. The molecule has 1 fully saturated rings. The van der Waals surface area contributed by atoms with Crippen molar-refractivity contribution < 1.29 is 4.92 Å². The van der Waals surface area contributed by atoms with Gasteiger partial charge in [-0.3, -0.25) is 10.1 Å². The van der Waals surface area contributed by atoms with E-state index >= 15 is 0 Å². The van der Waals surface area contributed by atoms with Gasteiger partial charge in [0, 0.05) is 5.69 Å². The van der Waals surface area contributed by atoms with Gasteiger partial charge in [-0.05, 0) is 63.0 Å². The first-order valence-electron chi connectivity index (χ1n) is 8.25. The molecule has 24 heavy (non-hydrogen) atoms. The first-order valence-corrected chi connectivity index (χ1v) is 8.25. The number of anilines is 2. The second kappa shape index (κ2) is 7.83. The summed E-state index contributed by atoms with van der Waals surface area (Å²) in [6.07, 6.45) is 7.25. The molecule has 3 rings (SSSR count). The fraction of sp³-hybridized carbons (Fsp3) is 0.412. The van der Waals surface area contributed by atoms with Gasteiger partial charge in [0.2, 0.25) is 5.95 Å². The van der Waals surface area contributed by atoms with Crippen molar-refractivity contribution in [2.75, 3.05) is 25.0 Å². The summed E-state index contributed by atoms with van der Waals surface area (Å²) in [5, 5.41) is 13.7. The summed E-state index contributed by atoms with van der Waals surface area (Å²) in [6, 6.07) is 8.13. The van der Waals surface area contributed by atoms with Crippen LogP contribution in [0.5, 0.6) is 0 Å². The zero-order valence-corrected chi connectivity index (χ0v) is 13.5. The molecule has 7 heteroatoms. The van der Waals surface area contributed by atoms with E-state index in [2.05, 4.69) is 32.3 Å². The van der Waals surface area contributed by atoms with Crippen LogP contribution in [0.15, 0.2) is 36.7 Å². The zero-order valence-electron chi connectivity index (χ0n) is 13.5. The second-order valence-corrected chi connectivity index (χ2v) is 6.00. The van der Waals surface area contributed by atoms with E-state index in [9.17, 15) is 10.1 Å². The minimum absolute atomic E-state index is 0.115. The third kappa shape index (κ3) is 4.48. The number of nitro groups is 1. The SMILES string of the molecule is O=[N+]([O-])c1cnc(Nc2cccc(CCCN3CCCC3)c2)nc1. The number of nitrogens with one attached hydrogen (secondary N) is 1. The summed E-state index contributed by atoms with van der Waals surface area (Å²) in [4.78, 5) is 20.6. The maximum absolute atomic E-state index is 10.6. The Morgan fingerprint density at radius 1 is 1.21 bits per heavy atom. The third-order valence-electron chi connectivity index (χ3n) is 4.17. The van der Waals surface area contributed by atoms with Crippen LogP contribution in [0, 0.1) is 10.1 Å². The van der Waals surface area contributed by atoms with Crippen molar-refractivity contribution in [1.82, 2.24) is 14.9 Å². The van der Waals surface area contributed by atoms with Crippen molar-refractivity contribution in [2.24, 2.45) is 0 Å². The Morgan fingerprint density at radius 2 is 1.96 bits per heavy atom. The average Bonchev–Trinajstić information content (AvgIpc) is 3.09. The van der Waals surface area contributed by atoms with Crippen LogP contribution >= 0.6 is 0 Å². The Kier molecular flexibility index (Phi) is 5.32. The number of hydrogen-bond acceptors (Lipinski definition) is 6. The van der Waals surface area contributed by atoms with Gasteiger partial charge in [0.1, 0.15) is 12.4 Å². The number of hydrogen-bond donors (Lipinski definition) is 1. The van der Waals surface area contributed by atoms with Gasteiger partial charge in [-0.2, -0.15) is 0 Å². The maximum Gasteiger partial charge on any atom is 0.305 e. The molecule has 0 radical (unpaired) electrons. The fourth-order valence-electron chi connectivity index (χ4n) is 2.93. The number of nitrogens with zero attached hydrogens (tertiary/aromatic N) is 4. The molecule has 0 amide bonds. The third-order valence-corrected chi connectivity index (χ3v) is 4.17. The second-order valence-electron chi connectivity index (χ2n) is 6.00. The van der Waals surface area contributed by atoms with Gasteiger partial charge in [-0.1, -0.05) is 12.1 Å². The van der Waals surface area contributed by atoms with Crippen molar-refractivity contribution in [2.45, 2.75) is 25.7 Å². The monoisotopic (exact) mass is 327 g/mol. The Balaban J connectivity index is 1.55. The van der Waals surface area contributed by atoms with Gasteiger partial charge in [-0.15, -0.1) is 0 Å². The molecule has 1 aliphatic rings. The summed E-state index contributed by atoms with van der Waals surface area (Å²) in [5.41, 5.74) is 2.04. The van der Waals surface area contributed by atoms with E-state index < -0.39 is 4.92 Å². The smallest absolute Gasteiger partial charge is 0.305 e. The highest BCUT2D eigenvalue weighted by molar-refractivity contribution is 5.54. The number of aromatic nitrogens is 2. The highest BCUT2D eigenvalue weighted by atomic mass is 16.6. The normalized spacial score (nSPS) is 14.7. The van der Waals surface area contributed by atoms with E-state index in [0.29, 0.717) is 5.95 Å². The number of aryl methyl sites for hydroxylation is 1. The van der Waals surface area contributed by atoms with Gasteiger partial charge in [0.25, 0.3) is 0 Å². The molecular formula is C17H21N5O2. The van der Waals surface area contributed by atoms with E-state index in [4.69, 9.17) is 0 Å². The van der Waals surface area contributed by atoms with Crippen molar-refractivity contribution >= 4 is 17.3 Å². The predicted molar refractivity (Wildman–Crippen MR) is 92.4 cm³/mol. The van der Waals surface area contributed by atoms with Crippen LogP contribution in [-0.2, 0) is 6.42 Å². The topological polar surface area (TPSA) is 84.2 Å². The van der Waals surface area contributed by atoms with E-state index in [1.165, 1.54) is 43.9 Å². The van der Waals surface area contributed by atoms with Crippen LogP contribution in [0.4, 0.5) is 17.3 Å². The number of benzene rings is 1. The van der Waals surface area contributed by atoms with Crippen molar-refractivity contribution in [1.29, 1.82) is 0 Å². The maximum atomic E-state index is 10.6. The summed E-state index contributed by atoms with van der Waals surface area (Å²) in [5.74, 6) is 0.356. The van der Waals surface area contributed by atoms with Crippen LogP contribution in [0.25, 0.3) is 0 Å². The molecule has 0 unspecified atom stereocenters. The lowest BCUT2D eigenvalue weighted by molar-refractivity contribution is -0.385. The molecule has 1 aromatic heterocycles. The standard InChI is InChI=1S/C17H21N5O2/c23-22(24)16-12-18-17(19-13-16)20-15-7-3-5-14(11-15)6-4-10-21-8-1-2-9-21/h3,5,7,11-13H,1-2,4,6,8-10H2,(H,18,19,20). The highest BCUT2D eigenvalue weighted by Crippen LogP contribution is 2.17. The molecule has 1 saturated heterocycles. The van der Waals surface area contributed by atoms with Crippen molar-refractivity contribution in [3.05, 3.63) is 52.3 Å². The number of rotatable bonds is 7. The first kappa shape index (κ1) is 16.3. The molecular weight excluding hydrogens is 306 g/mol. The molecule has 0 spiro atoms. The molecule has 126 valence electrons. The molecule has 1 aromatic carbocycles.